The fraction of sp³-hybridized carbons (Fsp3) is 0.400. The number of hydrogen-bond acceptors (Lipinski definition) is 4. The molecule has 1 rings (SSSR count). The highest BCUT2D eigenvalue weighted by molar-refractivity contribution is 7.09. The number of terminal acetylenes is 1. The zero-order valence-corrected chi connectivity index (χ0v) is 9.25. The lowest BCUT2D eigenvalue weighted by molar-refractivity contribution is -0.138. The van der Waals surface area contributed by atoms with Crippen LogP contribution < -0.4 is 0 Å². The van der Waals surface area contributed by atoms with Gasteiger partial charge in [-0.1, -0.05) is 5.92 Å². The van der Waals surface area contributed by atoms with E-state index in [1.807, 2.05) is 12.3 Å². The van der Waals surface area contributed by atoms with E-state index < -0.39 is 5.97 Å². The number of aliphatic carboxylic acids is 1. The van der Waals surface area contributed by atoms with Crippen LogP contribution in [0.3, 0.4) is 0 Å². The van der Waals surface area contributed by atoms with Crippen molar-refractivity contribution in [2.45, 2.75) is 13.5 Å². The van der Waals surface area contributed by atoms with Crippen molar-refractivity contribution in [2.75, 3.05) is 13.1 Å². The minimum Gasteiger partial charge on any atom is -0.480 e. The van der Waals surface area contributed by atoms with Crippen molar-refractivity contribution in [1.29, 1.82) is 0 Å². The maximum Gasteiger partial charge on any atom is 0.317 e. The summed E-state index contributed by atoms with van der Waals surface area (Å²) in [5.74, 6) is 1.56. The molecular weight excluding hydrogens is 212 g/mol. The smallest absolute Gasteiger partial charge is 0.317 e. The molecule has 0 spiro atoms. The number of carboxylic acid groups (broad SMARTS) is 1. The molecule has 0 unspecified atom stereocenters. The Hall–Kier alpha value is -1.38. The van der Waals surface area contributed by atoms with E-state index in [0.29, 0.717) is 13.1 Å². The normalized spacial score (nSPS) is 10.2. The molecule has 1 N–H and O–H groups in total. The molecule has 0 aliphatic heterocycles. The second-order valence-corrected chi connectivity index (χ2v) is 4.07. The first-order valence-electron chi connectivity index (χ1n) is 4.40. The molecule has 0 saturated carbocycles. The van der Waals surface area contributed by atoms with Crippen LogP contribution >= 0.6 is 11.3 Å². The van der Waals surface area contributed by atoms with E-state index in [1.54, 1.807) is 4.90 Å². The third-order valence-corrected chi connectivity index (χ3v) is 2.65. The Morgan fingerprint density at radius 1 is 1.80 bits per heavy atom. The van der Waals surface area contributed by atoms with Gasteiger partial charge in [0, 0.05) is 11.1 Å². The van der Waals surface area contributed by atoms with Gasteiger partial charge in [-0.3, -0.25) is 9.69 Å². The summed E-state index contributed by atoms with van der Waals surface area (Å²) in [5.41, 5.74) is 0.950. The summed E-state index contributed by atoms with van der Waals surface area (Å²) in [4.78, 5) is 16.5. The van der Waals surface area contributed by atoms with Gasteiger partial charge in [0.2, 0.25) is 0 Å². The second kappa shape index (κ2) is 5.49. The van der Waals surface area contributed by atoms with E-state index >= 15 is 0 Å². The molecule has 0 amide bonds. The van der Waals surface area contributed by atoms with Gasteiger partial charge in [0.1, 0.15) is 5.01 Å². The molecule has 1 aromatic rings. The van der Waals surface area contributed by atoms with Crippen LogP contribution in [0.4, 0.5) is 0 Å². The quantitative estimate of drug-likeness (QED) is 0.757. The van der Waals surface area contributed by atoms with Gasteiger partial charge in [-0.25, -0.2) is 4.98 Å². The van der Waals surface area contributed by atoms with E-state index in [-0.39, 0.29) is 6.54 Å². The Labute approximate surface area is 92.6 Å². The molecule has 0 aliphatic rings. The highest BCUT2D eigenvalue weighted by Crippen LogP contribution is 2.11. The Balaban J connectivity index is 2.58. The minimum atomic E-state index is -0.876. The molecule has 15 heavy (non-hydrogen) atoms. The zero-order valence-electron chi connectivity index (χ0n) is 8.43. The fourth-order valence-electron chi connectivity index (χ4n) is 1.15. The first-order valence-corrected chi connectivity index (χ1v) is 5.28. The maximum absolute atomic E-state index is 10.6. The minimum absolute atomic E-state index is 0.0528. The van der Waals surface area contributed by atoms with Crippen LogP contribution in [-0.4, -0.2) is 34.0 Å². The molecule has 1 aromatic heterocycles. The number of hydrogen-bond donors (Lipinski definition) is 1. The van der Waals surface area contributed by atoms with Crippen molar-refractivity contribution in [1.82, 2.24) is 9.88 Å². The molecule has 0 saturated heterocycles. The van der Waals surface area contributed by atoms with Crippen LogP contribution in [0.15, 0.2) is 5.38 Å². The maximum atomic E-state index is 10.6. The molecule has 0 bridgehead atoms. The third-order valence-electron chi connectivity index (χ3n) is 1.70. The van der Waals surface area contributed by atoms with E-state index in [2.05, 4.69) is 10.9 Å². The fourth-order valence-corrected chi connectivity index (χ4v) is 1.97. The van der Waals surface area contributed by atoms with Gasteiger partial charge >= 0.3 is 5.97 Å². The number of nitrogens with zero attached hydrogens (tertiary/aromatic N) is 2. The molecule has 0 aliphatic carbocycles. The lowest BCUT2D eigenvalue weighted by atomic mass is 10.4. The van der Waals surface area contributed by atoms with Crippen molar-refractivity contribution >= 4 is 17.3 Å². The summed E-state index contributed by atoms with van der Waals surface area (Å²) >= 11 is 1.52. The standard InChI is InChI=1S/C10H12N2O2S/c1-3-4-12(6-10(13)14)5-9-11-8(2)7-15-9/h1,7H,4-6H2,2H3,(H,13,14). The summed E-state index contributed by atoms with van der Waals surface area (Å²) in [5, 5.41) is 11.5. The van der Waals surface area contributed by atoms with Gasteiger partial charge in [-0.2, -0.15) is 0 Å². The second-order valence-electron chi connectivity index (χ2n) is 3.13. The topological polar surface area (TPSA) is 53.4 Å². The number of carbonyl (C=O) groups is 1. The Morgan fingerprint density at radius 2 is 2.53 bits per heavy atom. The average molecular weight is 224 g/mol. The van der Waals surface area contributed by atoms with Gasteiger partial charge < -0.3 is 5.11 Å². The van der Waals surface area contributed by atoms with E-state index in [9.17, 15) is 4.79 Å². The van der Waals surface area contributed by atoms with Gasteiger partial charge in [0.25, 0.3) is 0 Å². The summed E-state index contributed by atoms with van der Waals surface area (Å²) in [6.45, 7) is 2.67. The van der Waals surface area contributed by atoms with Crippen molar-refractivity contribution in [2.24, 2.45) is 0 Å². The predicted octanol–water partition coefficient (Wildman–Crippen LogP) is 0.971. The highest BCUT2D eigenvalue weighted by atomic mass is 32.1. The molecule has 1 heterocycles. The van der Waals surface area contributed by atoms with Crippen molar-refractivity contribution in [3.8, 4) is 12.3 Å². The number of thiazole rings is 1. The Morgan fingerprint density at radius 3 is 3.00 bits per heavy atom. The van der Waals surface area contributed by atoms with E-state index in [1.165, 1.54) is 11.3 Å². The zero-order chi connectivity index (χ0) is 11.3. The first kappa shape index (κ1) is 11.7. The lowest BCUT2D eigenvalue weighted by Crippen LogP contribution is -2.29. The molecule has 0 atom stereocenters. The molecule has 0 fully saturated rings. The van der Waals surface area contributed by atoms with Crippen molar-refractivity contribution < 1.29 is 9.90 Å². The van der Waals surface area contributed by atoms with Crippen LogP contribution in [0, 0.1) is 19.3 Å². The molecule has 4 nitrogen and oxygen atoms in total. The molecule has 0 radical (unpaired) electrons. The summed E-state index contributed by atoms with van der Waals surface area (Å²) in [6, 6.07) is 0. The van der Waals surface area contributed by atoms with Crippen LogP contribution in [0.25, 0.3) is 0 Å². The Kier molecular flexibility index (Phi) is 4.28. The van der Waals surface area contributed by atoms with Crippen LogP contribution in [-0.2, 0) is 11.3 Å². The van der Waals surface area contributed by atoms with E-state index in [0.717, 1.165) is 10.7 Å². The van der Waals surface area contributed by atoms with Gasteiger partial charge in [-0.05, 0) is 6.92 Å². The summed E-state index contributed by atoms with van der Waals surface area (Å²) in [6.07, 6.45) is 5.16. The summed E-state index contributed by atoms with van der Waals surface area (Å²) < 4.78 is 0. The molecular formula is C10H12N2O2S. The van der Waals surface area contributed by atoms with Gasteiger partial charge in [0.05, 0.1) is 19.6 Å². The predicted molar refractivity (Wildman–Crippen MR) is 58.6 cm³/mol. The Bertz CT molecular complexity index is 381. The largest absolute Gasteiger partial charge is 0.480 e. The monoisotopic (exact) mass is 224 g/mol. The van der Waals surface area contributed by atoms with Crippen molar-refractivity contribution in [3.63, 3.8) is 0 Å². The number of carboxylic acids is 1. The van der Waals surface area contributed by atoms with Crippen LogP contribution in [0.2, 0.25) is 0 Å². The van der Waals surface area contributed by atoms with Crippen molar-refractivity contribution in [3.05, 3.63) is 16.1 Å². The van der Waals surface area contributed by atoms with E-state index in [4.69, 9.17) is 11.5 Å². The number of aromatic nitrogens is 1. The number of aryl methyl sites for hydroxylation is 1. The lowest BCUT2D eigenvalue weighted by Gasteiger charge is -2.15. The van der Waals surface area contributed by atoms with Gasteiger partial charge in [0.15, 0.2) is 0 Å². The molecule has 5 heteroatoms. The highest BCUT2D eigenvalue weighted by Gasteiger charge is 2.10. The van der Waals surface area contributed by atoms with Gasteiger partial charge in [-0.15, -0.1) is 17.8 Å². The SMILES string of the molecule is C#CCN(CC(=O)O)Cc1nc(C)cs1. The average Bonchev–Trinajstić information content (AvgIpc) is 2.50. The number of rotatable bonds is 5. The van der Waals surface area contributed by atoms with Crippen LogP contribution in [0.5, 0.6) is 0 Å². The molecule has 0 aromatic carbocycles. The molecule has 80 valence electrons. The summed E-state index contributed by atoms with van der Waals surface area (Å²) in [7, 11) is 0. The first-order chi connectivity index (χ1) is 7.11. The van der Waals surface area contributed by atoms with Crippen LogP contribution in [0.1, 0.15) is 10.7 Å². The third kappa shape index (κ3) is 4.11.